The van der Waals surface area contributed by atoms with Crippen LogP contribution in [0, 0.1) is 0 Å². The van der Waals surface area contributed by atoms with Gasteiger partial charge in [-0.3, -0.25) is 9.36 Å². The van der Waals surface area contributed by atoms with Gasteiger partial charge in [-0.25, -0.2) is 0 Å². The van der Waals surface area contributed by atoms with E-state index in [4.69, 9.17) is 14.2 Å². The van der Waals surface area contributed by atoms with E-state index >= 15 is 0 Å². The molecular formula is C22H24N4O4S. The molecule has 0 atom stereocenters. The van der Waals surface area contributed by atoms with Crippen molar-refractivity contribution >= 4 is 23.3 Å². The first-order valence-electron chi connectivity index (χ1n) is 10.1. The highest BCUT2D eigenvalue weighted by atomic mass is 32.2. The molecule has 3 aromatic rings. The Balaban J connectivity index is 1.51. The Hall–Kier alpha value is -3.20. The molecule has 0 radical (unpaired) electrons. The number of rotatable bonds is 7. The van der Waals surface area contributed by atoms with Crippen LogP contribution in [-0.2, 0) is 12.3 Å². The number of aromatic nitrogens is 3. The Bertz CT molecular complexity index is 1100. The molecule has 2 aromatic carbocycles. The highest BCUT2D eigenvalue weighted by molar-refractivity contribution is 7.98. The van der Waals surface area contributed by atoms with Gasteiger partial charge in [-0.1, -0.05) is 23.9 Å². The number of thioether (sulfide) groups is 1. The zero-order valence-corrected chi connectivity index (χ0v) is 18.3. The molecule has 2 heterocycles. The van der Waals surface area contributed by atoms with Crippen molar-refractivity contribution in [2.45, 2.75) is 30.8 Å². The molecule has 0 unspecified atom stereocenters. The molecule has 1 aromatic heterocycles. The summed E-state index contributed by atoms with van der Waals surface area (Å²) in [6.45, 7) is 3.63. The van der Waals surface area contributed by atoms with Crippen molar-refractivity contribution in [3.8, 4) is 17.2 Å². The van der Waals surface area contributed by atoms with Crippen molar-refractivity contribution in [1.82, 2.24) is 14.8 Å². The summed E-state index contributed by atoms with van der Waals surface area (Å²) in [5, 5.41) is 12.1. The van der Waals surface area contributed by atoms with Crippen molar-refractivity contribution in [3.63, 3.8) is 0 Å². The van der Waals surface area contributed by atoms with Gasteiger partial charge in [-0.2, -0.15) is 0 Å². The number of hydrogen-bond donors (Lipinski definition) is 1. The minimum Gasteiger partial charge on any atom is -0.497 e. The van der Waals surface area contributed by atoms with Gasteiger partial charge < -0.3 is 19.5 Å². The normalized spacial score (nSPS) is 12.8. The quantitative estimate of drug-likeness (QED) is 0.554. The van der Waals surface area contributed by atoms with E-state index in [9.17, 15) is 4.79 Å². The first-order chi connectivity index (χ1) is 15.2. The van der Waals surface area contributed by atoms with Crippen LogP contribution in [-0.4, -0.2) is 35.1 Å². The van der Waals surface area contributed by atoms with Crippen molar-refractivity contribution in [3.05, 3.63) is 58.4 Å². The van der Waals surface area contributed by atoms with E-state index in [1.807, 2.05) is 49.4 Å². The van der Waals surface area contributed by atoms with Crippen LogP contribution < -0.4 is 25.1 Å². The fourth-order valence-corrected chi connectivity index (χ4v) is 4.07. The van der Waals surface area contributed by atoms with Gasteiger partial charge >= 0.3 is 0 Å². The lowest BCUT2D eigenvalue weighted by Crippen LogP contribution is -2.26. The van der Waals surface area contributed by atoms with Crippen LogP contribution in [0.3, 0.4) is 0 Å². The minimum absolute atomic E-state index is 0.171. The maximum Gasteiger partial charge on any atom is 0.297 e. The zero-order valence-electron chi connectivity index (χ0n) is 17.5. The highest BCUT2D eigenvalue weighted by Crippen LogP contribution is 2.33. The van der Waals surface area contributed by atoms with Gasteiger partial charge in [0, 0.05) is 30.5 Å². The zero-order chi connectivity index (χ0) is 21.6. The van der Waals surface area contributed by atoms with E-state index in [1.165, 1.54) is 11.8 Å². The van der Waals surface area contributed by atoms with E-state index in [1.54, 1.807) is 11.7 Å². The highest BCUT2D eigenvalue weighted by Gasteiger charge is 2.15. The molecule has 0 amide bonds. The molecule has 0 aliphatic carbocycles. The maximum atomic E-state index is 13.0. The molecule has 1 N–H and O–H groups in total. The van der Waals surface area contributed by atoms with Crippen LogP contribution in [0.25, 0.3) is 0 Å². The van der Waals surface area contributed by atoms with Gasteiger partial charge in [-0.15, -0.1) is 10.2 Å². The third-order valence-corrected chi connectivity index (χ3v) is 5.81. The van der Waals surface area contributed by atoms with E-state index in [0.717, 1.165) is 17.7 Å². The molecule has 31 heavy (non-hydrogen) atoms. The summed E-state index contributed by atoms with van der Waals surface area (Å²) in [6.07, 6.45) is 0.833. The third kappa shape index (κ3) is 4.93. The van der Waals surface area contributed by atoms with Gasteiger partial charge in [0.15, 0.2) is 16.7 Å². The van der Waals surface area contributed by atoms with Crippen molar-refractivity contribution < 1.29 is 14.2 Å². The van der Waals surface area contributed by atoms with E-state index in [0.29, 0.717) is 47.9 Å². The Kier molecular flexibility index (Phi) is 6.61. The number of ether oxygens (including phenoxy) is 3. The first-order valence-corrected chi connectivity index (χ1v) is 11.1. The number of fused-ring (bicyclic) bond motifs is 1. The van der Waals surface area contributed by atoms with Crippen LogP contribution in [0.5, 0.6) is 17.2 Å². The molecule has 0 bridgehead atoms. The molecular weight excluding hydrogens is 416 g/mol. The second-order valence-electron chi connectivity index (χ2n) is 6.85. The Morgan fingerprint density at radius 3 is 2.61 bits per heavy atom. The summed E-state index contributed by atoms with van der Waals surface area (Å²) in [5.41, 5.74) is 1.58. The van der Waals surface area contributed by atoms with E-state index in [2.05, 4.69) is 15.5 Å². The first kappa shape index (κ1) is 21.0. The molecule has 0 saturated heterocycles. The summed E-state index contributed by atoms with van der Waals surface area (Å²) in [4.78, 5) is 13.0. The Labute approximate surface area is 184 Å². The summed E-state index contributed by atoms with van der Waals surface area (Å²) >= 11 is 1.47. The van der Waals surface area contributed by atoms with Crippen molar-refractivity contribution in [2.24, 2.45) is 0 Å². The monoisotopic (exact) mass is 440 g/mol. The molecule has 1 aliphatic rings. The number of anilines is 2. The smallest absolute Gasteiger partial charge is 0.297 e. The number of nitrogens with one attached hydrogen (secondary N) is 1. The van der Waals surface area contributed by atoms with E-state index < -0.39 is 0 Å². The summed E-state index contributed by atoms with van der Waals surface area (Å²) in [5.74, 6) is 3.00. The fraction of sp³-hybridized carbons (Fsp3) is 0.318. The second-order valence-corrected chi connectivity index (χ2v) is 7.80. The third-order valence-electron chi connectivity index (χ3n) is 4.77. The molecule has 0 fully saturated rings. The van der Waals surface area contributed by atoms with Crippen LogP contribution in [0.1, 0.15) is 18.9 Å². The Morgan fingerprint density at radius 1 is 1.10 bits per heavy atom. The summed E-state index contributed by atoms with van der Waals surface area (Å²) in [6, 6.07) is 13.3. The number of nitrogens with zero attached hydrogens (tertiary/aromatic N) is 3. The number of methoxy groups -OCH3 is 1. The Morgan fingerprint density at radius 2 is 1.87 bits per heavy atom. The lowest BCUT2D eigenvalue weighted by molar-refractivity contribution is 0.297. The van der Waals surface area contributed by atoms with Crippen LogP contribution in [0.2, 0.25) is 0 Å². The average Bonchev–Trinajstić information content (AvgIpc) is 3.04. The molecule has 9 heteroatoms. The second kappa shape index (κ2) is 9.74. The van der Waals surface area contributed by atoms with Crippen LogP contribution >= 0.6 is 11.8 Å². The maximum absolute atomic E-state index is 13.0. The SMILES string of the molecule is CCn1c(SCc2ccc(OC)cc2)nnc(Nc2ccc3c(c2)OCCCO3)c1=O. The van der Waals surface area contributed by atoms with Gasteiger partial charge in [0.1, 0.15) is 5.75 Å². The number of benzene rings is 2. The van der Waals surface area contributed by atoms with Crippen molar-refractivity contribution in [1.29, 1.82) is 0 Å². The standard InChI is InChI=1S/C22H24N4O4S/c1-3-26-21(27)20(23-16-7-10-18-19(13-16)30-12-4-11-29-18)24-25-22(26)31-14-15-5-8-17(28-2)9-6-15/h5-10,13H,3-4,11-12,14H2,1-2H3,(H,23,24). The minimum atomic E-state index is -0.221. The summed E-state index contributed by atoms with van der Waals surface area (Å²) < 4.78 is 18.2. The van der Waals surface area contributed by atoms with Crippen LogP contribution in [0.4, 0.5) is 11.5 Å². The lowest BCUT2D eigenvalue weighted by atomic mass is 10.2. The van der Waals surface area contributed by atoms with Crippen LogP contribution in [0.15, 0.2) is 52.4 Å². The van der Waals surface area contributed by atoms with Gasteiger partial charge in [0.25, 0.3) is 5.56 Å². The summed E-state index contributed by atoms with van der Waals surface area (Å²) in [7, 11) is 1.64. The largest absolute Gasteiger partial charge is 0.497 e. The van der Waals surface area contributed by atoms with E-state index in [-0.39, 0.29) is 11.4 Å². The van der Waals surface area contributed by atoms with Crippen molar-refractivity contribution in [2.75, 3.05) is 25.6 Å². The van der Waals surface area contributed by atoms with Gasteiger partial charge in [-0.05, 0) is 36.8 Å². The van der Waals surface area contributed by atoms with Gasteiger partial charge in [0.2, 0.25) is 5.82 Å². The predicted octanol–water partition coefficient (Wildman–Crippen LogP) is 3.86. The molecule has 162 valence electrons. The number of hydrogen-bond acceptors (Lipinski definition) is 8. The topological polar surface area (TPSA) is 87.5 Å². The van der Waals surface area contributed by atoms with Gasteiger partial charge in [0.05, 0.1) is 20.3 Å². The average molecular weight is 441 g/mol. The molecule has 1 aliphatic heterocycles. The molecule has 8 nitrogen and oxygen atoms in total. The predicted molar refractivity (Wildman–Crippen MR) is 120 cm³/mol. The lowest BCUT2D eigenvalue weighted by Gasteiger charge is -2.13. The molecule has 4 rings (SSSR count). The molecule has 0 spiro atoms. The molecule has 0 saturated carbocycles. The fourth-order valence-electron chi connectivity index (χ4n) is 3.12.